The fourth-order valence-electron chi connectivity index (χ4n) is 2.97. The predicted molar refractivity (Wildman–Crippen MR) is 121 cm³/mol. The smallest absolute Gasteiger partial charge is 0.261 e. The molecule has 0 radical (unpaired) electrons. The molecular formula is C22H21N3O2S2. The molecule has 0 fully saturated rings. The van der Waals surface area contributed by atoms with E-state index in [1.165, 1.54) is 27.6 Å². The van der Waals surface area contributed by atoms with Crippen LogP contribution in [0.1, 0.15) is 16.1 Å². The Kier molecular flexibility index (Phi) is 6.07. The number of anilines is 1. The van der Waals surface area contributed by atoms with Gasteiger partial charge in [-0.2, -0.15) is 4.37 Å². The van der Waals surface area contributed by atoms with Gasteiger partial charge in [0, 0.05) is 23.4 Å². The average molecular weight is 424 g/mol. The maximum atomic E-state index is 12.4. The largest absolute Gasteiger partial charge is 0.497 e. The maximum absolute atomic E-state index is 12.4. The molecule has 2 aromatic heterocycles. The lowest BCUT2D eigenvalue weighted by Crippen LogP contribution is -2.25. The monoisotopic (exact) mass is 423 g/mol. The first-order valence-corrected chi connectivity index (χ1v) is 10.9. The predicted octanol–water partition coefficient (Wildman–Crippen LogP) is 5.27. The van der Waals surface area contributed by atoms with Gasteiger partial charge in [0.15, 0.2) is 0 Å². The van der Waals surface area contributed by atoms with Crippen LogP contribution in [-0.2, 0) is 0 Å². The van der Waals surface area contributed by atoms with Gasteiger partial charge in [0.2, 0.25) is 0 Å². The van der Waals surface area contributed by atoms with Gasteiger partial charge >= 0.3 is 0 Å². The number of aromatic nitrogens is 1. The van der Waals surface area contributed by atoms with Crippen molar-refractivity contribution >= 4 is 44.7 Å². The highest BCUT2D eigenvalue weighted by Gasteiger charge is 2.10. The Hall–Kier alpha value is -2.90. The van der Waals surface area contributed by atoms with Crippen LogP contribution in [0.15, 0.2) is 60.7 Å². The number of amides is 1. The zero-order valence-electron chi connectivity index (χ0n) is 16.0. The zero-order chi connectivity index (χ0) is 20.1. The quantitative estimate of drug-likeness (QED) is 0.379. The molecular weight excluding hydrogens is 402 g/mol. The third kappa shape index (κ3) is 4.58. The molecule has 29 heavy (non-hydrogen) atoms. The number of carbonyl (C=O) groups is 1. The first kappa shape index (κ1) is 19.4. The summed E-state index contributed by atoms with van der Waals surface area (Å²) in [7, 11) is 1.65. The minimum Gasteiger partial charge on any atom is -0.497 e. The SMILES string of the molecule is COc1ccc(-c2ccc(C(=O)NCCCNc3nsc4ccccc34)s2)cc1. The maximum Gasteiger partial charge on any atom is 0.261 e. The number of rotatable bonds is 8. The Morgan fingerprint density at radius 2 is 1.86 bits per heavy atom. The van der Waals surface area contributed by atoms with Crippen LogP contribution < -0.4 is 15.4 Å². The van der Waals surface area contributed by atoms with E-state index in [-0.39, 0.29) is 5.91 Å². The first-order valence-electron chi connectivity index (χ1n) is 9.35. The highest BCUT2D eigenvalue weighted by molar-refractivity contribution is 7.17. The van der Waals surface area contributed by atoms with Gasteiger partial charge in [0.25, 0.3) is 5.91 Å². The van der Waals surface area contributed by atoms with Gasteiger partial charge in [-0.05, 0) is 72.0 Å². The van der Waals surface area contributed by atoms with Gasteiger partial charge in [0.05, 0.1) is 16.7 Å². The second-order valence-electron chi connectivity index (χ2n) is 6.46. The Labute approximate surface area is 177 Å². The fourth-order valence-corrected chi connectivity index (χ4v) is 4.65. The summed E-state index contributed by atoms with van der Waals surface area (Å²) in [6.45, 7) is 1.37. The summed E-state index contributed by atoms with van der Waals surface area (Å²) >= 11 is 2.99. The Morgan fingerprint density at radius 3 is 2.69 bits per heavy atom. The molecule has 2 N–H and O–H groups in total. The van der Waals surface area contributed by atoms with Crippen molar-refractivity contribution in [2.75, 3.05) is 25.5 Å². The summed E-state index contributed by atoms with van der Waals surface area (Å²) in [6.07, 6.45) is 0.828. The number of hydrogen-bond acceptors (Lipinski definition) is 6. The van der Waals surface area contributed by atoms with Crippen molar-refractivity contribution in [2.45, 2.75) is 6.42 Å². The molecule has 0 saturated heterocycles. The molecule has 2 heterocycles. The van der Waals surface area contributed by atoms with Crippen molar-refractivity contribution in [1.82, 2.24) is 9.69 Å². The molecule has 2 aromatic carbocycles. The highest BCUT2D eigenvalue weighted by Crippen LogP contribution is 2.29. The van der Waals surface area contributed by atoms with E-state index in [0.29, 0.717) is 11.4 Å². The van der Waals surface area contributed by atoms with Crippen LogP contribution in [-0.4, -0.2) is 30.5 Å². The van der Waals surface area contributed by atoms with Gasteiger partial charge in [-0.25, -0.2) is 0 Å². The lowest BCUT2D eigenvalue weighted by atomic mass is 10.2. The van der Waals surface area contributed by atoms with Crippen LogP contribution in [0.2, 0.25) is 0 Å². The average Bonchev–Trinajstić information content (AvgIpc) is 3.41. The van der Waals surface area contributed by atoms with E-state index in [0.717, 1.165) is 40.4 Å². The highest BCUT2D eigenvalue weighted by atomic mass is 32.1. The molecule has 4 aromatic rings. The molecule has 0 aliphatic rings. The molecule has 0 unspecified atom stereocenters. The number of hydrogen-bond donors (Lipinski definition) is 2. The van der Waals surface area contributed by atoms with Crippen molar-refractivity contribution < 1.29 is 9.53 Å². The van der Waals surface area contributed by atoms with E-state index in [1.54, 1.807) is 7.11 Å². The van der Waals surface area contributed by atoms with Crippen LogP contribution in [0.4, 0.5) is 5.82 Å². The third-order valence-corrected chi connectivity index (χ3v) is 6.47. The summed E-state index contributed by atoms with van der Waals surface area (Å²) in [5, 5.41) is 7.49. The number of ether oxygens (including phenoxy) is 1. The van der Waals surface area contributed by atoms with E-state index in [9.17, 15) is 4.79 Å². The second-order valence-corrected chi connectivity index (χ2v) is 8.34. The van der Waals surface area contributed by atoms with Gasteiger partial charge in [-0.1, -0.05) is 12.1 Å². The summed E-state index contributed by atoms with van der Waals surface area (Å²) in [5.74, 6) is 1.70. The molecule has 1 amide bonds. The molecule has 0 aliphatic carbocycles. The Morgan fingerprint density at radius 1 is 1.03 bits per heavy atom. The van der Waals surface area contributed by atoms with E-state index >= 15 is 0 Å². The summed E-state index contributed by atoms with van der Waals surface area (Å²) in [5.41, 5.74) is 1.08. The number of nitrogens with one attached hydrogen (secondary N) is 2. The Bertz CT molecular complexity index is 1100. The molecule has 0 saturated carbocycles. The standard InChI is InChI=1S/C22H21N3O2S2/c1-27-16-9-7-15(8-10-16)18-11-12-20(28-18)22(26)24-14-4-13-23-21-17-5-2-3-6-19(17)29-25-21/h2-3,5-12H,4,13-14H2,1H3,(H,23,25)(H,24,26). The number of nitrogens with zero attached hydrogens (tertiary/aromatic N) is 1. The number of thiophene rings is 1. The minimum absolute atomic E-state index is 0.0335. The minimum atomic E-state index is -0.0335. The number of fused-ring (bicyclic) bond motifs is 1. The van der Waals surface area contributed by atoms with E-state index in [1.807, 2.05) is 48.5 Å². The van der Waals surface area contributed by atoms with Gasteiger partial charge < -0.3 is 15.4 Å². The number of benzene rings is 2. The van der Waals surface area contributed by atoms with E-state index in [2.05, 4.69) is 27.1 Å². The van der Waals surface area contributed by atoms with E-state index < -0.39 is 0 Å². The molecule has 4 rings (SSSR count). The van der Waals surface area contributed by atoms with Crippen molar-refractivity contribution in [3.05, 3.63) is 65.5 Å². The number of methoxy groups -OCH3 is 1. The zero-order valence-corrected chi connectivity index (χ0v) is 17.6. The Balaban J connectivity index is 1.25. The van der Waals surface area contributed by atoms with Crippen molar-refractivity contribution in [1.29, 1.82) is 0 Å². The van der Waals surface area contributed by atoms with Crippen LogP contribution in [0, 0.1) is 0 Å². The van der Waals surface area contributed by atoms with Crippen LogP contribution in [0.5, 0.6) is 5.75 Å². The lowest BCUT2D eigenvalue weighted by Gasteiger charge is -2.05. The van der Waals surface area contributed by atoms with Crippen molar-refractivity contribution in [3.8, 4) is 16.2 Å². The summed E-state index contributed by atoms with van der Waals surface area (Å²) in [4.78, 5) is 14.2. The topological polar surface area (TPSA) is 63.2 Å². The van der Waals surface area contributed by atoms with Crippen LogP contribution >= 0.6 is 22.9 Å². The molecule has 148 valence electrons. The summed E-state index contributed by atoms with van der Waals surface area (Å²) < 4.78 is 10.8. The van der Waals surface area contributed by atoms with Crippen molar-refractivity contribution in [2.24, 2.45) is 0 Å². The van der Waals surface area contributed by atoms with Gasteiger partial charge in [0.1, 0.15) is 11.6 Å². The van der Waals surface area contributed by atoms with Crippen LogP contribution in [0.3, 0.4) is 0 Å². The molecule has 0 spiro atoms. The fraction of sp³-hybridized carbons (Fsp3) is 0.182. The van der Waals surface area contributed by atoms with E-state index in [4.69, 9.17) is 4.74 Å². The molecule has 5 nitrogen and oxygen atoms in total. The number of carbonyl (C=O) groups excluding carboxylic acids is 1. The first-order chi connectivity index (χ1) is 14.2. The lowest BCUT2D eigenvalue weighted by molar-refractivity contribution is 0.0957. The second kappa shape index (κ2) is 9.07. The molecule has 0 aliphatic heterocycles. The van der Waals surface area contributed by atoms with Crippen LogP contribution in [0.25, 0.3) is 20.5 Å². The third-order valence-electron chi connectivity index (χ3n) is 4.51. The van der Waals surface area contributed by atoms with Crippen molar-refractivity contribution in [3.63, 3.8) is 0 Å². The normalized spacial score (nSPS) is 10.8. The van der Waals surface area contributed by atoms with Gasteiger partial charge in [-0.15, -0.1) is 11.3 Å². The summed E-state index contributed by atoms with van der Waals surface area (Å²) in [6, 6.07) is 19.9. The molecule has 0 atom stereocenters. The van der Waals surface area contributed by atoms with Gasteiger partial charge in [-0.3, -0.25) is 4.79 Å². The molecule has 0 bridgehead atoms. The molecule has 7 heteroatoms.